The van der Waals surface area contributed by atoms with E-state index < -0.39 is 5.41 Å². The second kappa shape index (κ2) is 16.7. The molecule has 69 heavy (non-hydrogen) atoms. The van der Waals surface area contributed by atoms with Crippen molar-refractivity contribution in [2.75, 3.05) is 4.90 Å². The maximum atomic E-state index is 2.48. The molecule has 1 aliphatic carbocycles. The molecule has 0 fully saturated rings. The molecule has 0 unspecified atom stereocenters. The van der Waals surface area contributed by atoms with Crippen LogP contribution < -0.4 is 4.90 Å². The molecule has 11 aromatic carbocycles. The second-order valence-corrected chi connectivity index (χ2v) is 18.0. The zero-order chi connectivity index (χ0) is 45.7. The molecule has 1 heterocycles. The number of fused-ring (bicyclic) bond motifs is 6. The molecule has 0 saturated carbocycles. The van der Waals surface area contributed by atoms with Crippen molar-refractivity contribution in [1.29, 1.82) is 0 Å². The van der Waals surface area contributed by atoms with Crippen LogP contribution in [0.2, 0.25) is 0 Å². The maximum Gasteiger partial charge on any atom is 0.0713 e. The van der Waals surface area contributed by atoms with Gasteiger partial charge in [-0.2, -0.15) is 0 Å². The highest BCUT2D eigenvalue weighted by atomic mass is 15.1. The molecule has 0 radical (unpaired) electrons. The van der Waals surface area contributed by atoms with Gasteiger partial charge in [0.15, 0.2) is 0 Å². The summed E-state index contributed by atoms with van der Waals surface area (Å²) in [5.41, 5.74) is 21.0. The van der Waals surface area contributed by atoms with E-state index >= 15 is 0 Å². The summed E-state index contributed by atoms with van der Waals surface area (Å²) < 4.78 is 2.48. The normalized spacial score (nSPS) is 12.5. The van der Waals surface area contributed by atoms with Crippen molar-refractivity contribution < 1.29 is 0 Å². The summed E-state index contributed by atoms with van der Waals surface area (Å²) >= 11 is 0. The molecule has 0 atom stereocenters. The highest BCUT2D eigenvalue weighted by molar-refractivity contribution is 6.11. The standard InChI is InChI=1S/C67H46N2/c1-5-22-47(23-6-1)48-24-21-31-53(44-48)68(52-29-11-4-12-30-52)64-38-19-16-35-58(64)56-33-14-13-32-55(56)49-40-42-60-59-36-17-20-39-65(59)69(66(60)45-49)54-41-43-63-61(46-54)57-34-15-18-37-62(57)67(63,50-25-7-2-8-26-50)51-27-9-3-10-28-51/h1-46H. The molecule has 0 amide bonds. The number of aromatic nitrogens is 1. The number of hydrogen-bond donors (Lipinski definition) is 0. The Balaban J connectivity index is 0.985. The molecule has 0 spiro atoms. The van der Waals surface area contributed by atoms with E-state index in [1.165, 1.54) is 77.4 Å². The molecule has 0 aliphatic heterocycles. The van der Waals surface area contributed by atoms with Gasteiger partial charge in [-0.3, -0.25) is 0 Å². The van der Waals surface area contributed by atoms with Crippen molar-refractivity contribution in [2.24, 2.45) is 0 Å². The molecule has 12 aromatic rings. The lowest BCUT2D eigenvalue weighted by molar-refractivity contribution is 0.768. The smallest absolute Gasteiger partial charge is 0.0713 e. The second-order valence-electron chi connectivity index (χ2n) is 18.0. The van der Waals surface area contributed by atoms with Gasteiger partial charge < -0.3 is 9.47 Å². The molecule has 324 valence electrons. The Kier molecular flexibility index (Phi) is 9.77. The largest absolute Gasteiger partial charge is 0.310 e. The van der Waals surface area contributed by atoms with Gasteiger partial charge in [-0.1, -0.05) is 224 Å². The van der Waals surface area contributed by atoms with Crippen LogP contribution >= 0.6 is 0 Å². The van der Waals surface area contributed by atoms with Crippen LogP contribution in [0.1, 0.15) is 22.3 Å². The van der Waals surface area contributed by atoms with E-state index in [0.29, 0.717) is 0 Å². The Morgan fingerprint density at radius 2 is 0.841 bits per heavy atom. The van der Waals surface area contributed by atoms with E-state index in [1.807, 2.05) is 0 Å². The Bertz CT molecular complexity index is 3790. The first kappa shape index (κ1) is 40.3. The van der Waals surface area contributed by atoms with Crippen LogP contribution in [0.5, 0.6) is 0 Å². The van der Waals surface area contributed by atoms with Crippen LogP contribution in [-0.2, 0) is 5.41 Å². The van der Waals surface area contributed by atoms with E-state index in [4.69, 9.17) is 0 Å². The summed E-state index contributed by atoms with van der Waals surface area (Å²) in [6.07, 6.45) is 0. The predicted molar refractivity (Wildman–Crippen MR) is 289 cm³/mol. The first-order valence-corrected chi connectivity index (χ1v) is 23.8. The molecule has 0 N–H and O–H groups in total. The number of benzene rings is 11. The highest BCUT2D eigenvalue weighted by Gasteiger charge is 2.46. The molecule has 13 rings (SSSR count). The summed E-state index contributed by atoms with van der Waals surface area (Å²) in [6.45, 7) is 0. The lowest BCUT2D eigenvalue weighted by Crippen LogP contribution is -2.28. The van der Waals surface area contributed by atoms with Gasteiger partial charge in [0.25, 0.3) is 0 Å². The molecule has 0 bridgehead atoms. The summed E-state index contributed by atoms with van der Waals surface area (Å²) in [5, 5.41) is 2.46. The van der Waals surface area contributed by atoms with Crippen LogP contribution in [0.25, 0.3) is 72.0 Å². The van der Waals surface area contributed by atoms with E-state index in [2.05, 4.69) is 289 Å². The minimum absolute atomic E-state index is 0.457. The Morgan fingerprint density at radius 1 is 0.290 bits per heavy atom. The molecule has 2 heteroatoms. The van der Waals surface area contributed by atoms with Gasteiger partial charge in [-0.25, -0.2) is 0 Å². The van der Waals surface area contributed by atoms with Crippen molar-refractivity contribution in [3.63, 3.8) is 0 Å². The maximum absolute atomic E-state index is 2.48. The summed E-state index contributed by atoms with van der Waals surface area (Å²) in [6, 6.07) is 102. The number of nitrogens with zero attached hydrogens (tertiary/aromatic N) is 2. The van der Waals surface area contributed by atoms with Gasteiger partial charge in [-0.05, 0) is 116 Å². The zero-order valence-corrected chi connectivity index (χ0v) is 38.0. The van der Waals surface area contributed by atoms with E-state index in [9.17, 15) is 0 Å². The first-order valence-electron chi connectivity index (χ1n) is 23.8. The SMILES string of the molecule is c1ccc(-c2cccc(N(c3ccccc3)c3ccccc3-c3ccccc3-c3ccc4c5ccccc5n(-c5ccc6c(c5)-c5ccccc5C6(c5ccccc5)c5ccccc5)c4c3)c2)cc1. The third-order valence-electron chi connectivity index (χ3n) is 14.3. The Morgan fingerprint density at radius 3 is 1.59 bits per heavy atom. The van der Waals surface area contributed by atoms with Gasteiger partial charge in [0.1, 0.15) is 0 Å². The van der Waals surface area contributed by atoms with Crippen molar-refractivity contribution in [3.8, 4) is 50.2 Å². The number of hydrogen-bond acceptors (Lipinski definition) is 1. The fourth-order valence-electron chi connectivity index (χ4n) is 11.3. The molecule has 2 nitrogen and oxygen atoms in total. The quantitative estimate of drug-likeness (QED) is 0.140. The third-order valence-corrected chi connectivity index (χ3v) is 14.3. The average Bonchev–Trinajstić information content (AvgIpc) is 3.92. The van der Waals surface area contributed by atoms with Gasteiger partial charge >= 0.3 is 0 Å². The van der Waals surface area contributed by atoms with E-state index in [1.54, 1.807) is 0 Å². The first-order chi connectivity index (χ1) is 34.3. The van der Waals surface area contributed by atoms with Gasteiger partial charge in [-0.15, -0.1) is 0 Å². The molecule has 1 aliphatic rings. The lowest BCUT2D eigenvalue weighted by atomic mass is 9.68. The van der Waals surface area contributed by atoms with E-state index in [0.717, 1.165) is 33.9 Å². The Labute approximate surface area is 403 Å². The third kappa shape index (κ3) is 6.56. The van der Waals surface area contributed by atoms with Gasteiger partial charge in [0.05, 0.1) is 22.1 Å². The number of anilines is 3. The molecular formula is C67H46N2. The minimum Gasteiger partial charge on any atom is -0.310 e. The van der Waals surface area contributed by atoms with Crippen LogP contribution in [0, 0.1) is 0 Å². The van der Waals surface area contributed by atoms with Crippen LogP contribution in [0.4, 0.5) is 17.1 Å². The van der Waals surface area contributed by atoms with Gasteiger partial charge in [0.2, 0.25) is 0 Å². The summed E-state index contributed by atoms with van der Waals surface area (Å²) in [4.78, 5) is 2.40. The number of para-hydroxylation sites is 3. The fourth-order valence-corrected chi connectivity index (χ4v) is 11.3. The predicted octanol–water partition coefficient (Wildman–Crippen LogP) is 17.6. The van der Waals surface area contributed by atoms with Crippen molar-refractivity contribution in [3.05, 3.63) is 301 Å². The van der Waals surface area contributed by atoms with Crippen molar-refractivity contribution in [1.82, 2.24) is 4.57 Å². The Hall–Kier alpha value is -8.98. The van der Waals surface area contributed by atoms with Crippen molar-refractivity contribution in [2.45, 2.75) is 5.41 Å². The molecule has 0 saturated heterocycles. The average molecular weight is 879 g/mol. The van der Waals surface area contributed by atoms with Crippen LogP contribution in [-0.4, -0.2) is 4.57 Å². The van der Waals surface area contributed by atoms with Crippen LogP contribution in [0.3, 0.4) is 0 Å². The summed E-state index contributed by atoms with van der Waals surface area (Å²) in [7, 11) is 0. The van der Waals surface area contributed by atoms with Gasteiger partial charge in [0, 0.05) is 33.4 Å². The number of rotatable bonds is 9. The monoisotopic (exact) mass is 878 g/mol. The lowest BCUT2D eigenvalue weighted by Gasteiger charge is -2.33. The minimum atomic E-state index is -0.457. The molecular weight excluding hydrogens is 833 g/mol. The molecule has 1 aromatic heterocycles. The van der Waals surface area contributed by atoms with Crippen LogP contribution in [0.15, 0.2) is 279 Å². The topological polar surface area (TPSA) is 8.17 Å². The fraction of sp³-hybridized carbons (Fsp3) is 0.0149. The zero-order valence-electron chi connectivity index (χ0n) is 38.0. The van der Waals surface area contributed by atoms with Crippen molar-refractivity contribution >= 4 is 38.9 Å². The highest BCUT2D eigenvalue weighted by Crippen LogP contribution is 2.56. The summed E-state index contributed by atoms with van der Waals surface area (Å²) in [5.74, 6) is 0. The van der Waals surface area contributed by atoms with E-state index in [-0.39, 0.29) is 0 Å².